The van der Waals surface area contributed by atoms with E-state index < -0.39 is 0 Å². The molecule has 118 valence electrons. The molecule has 2 aromatic rings. The van der Waals surface area contributed by atoms with Gasteiger partial charge in [-0.1, -0.05) is 37.1 Å². The van der Waals surface area contributed by atoms with Gasteiger partial charge in [-0.25, -0.2) is 0 Å². The van der Waals surface area contributed by atoms with Crippen LogP contribution in [0.5, 0.6) is 11.5 Å². The summed E-state index contributed by atoms with van der Waals surface area (Å²) < 4.78 is 0. The van der Waals surface area contributed by atoms with Gasteiger partial charge in [-0.3, -0.25) is 0 Å². The van der Waals surface area contributed by atoms with Crippen LogP contribution in [0.3, 0.4) is 0 Å². The number of hydrogen-bond acceptors (Lipinski definition) is 2. The molecule has 1 spiro atoms. The molecule has 2 nitrogen and oxygen atoms in total. The Hall–Kier alpha value is -1.96. The number of phenolic OH excluding ortho intramolecular Hbond substituents is 2. The molecule has 0 unspecified atom stereocenters. The van der Waals surface area contributed by atoms with Crippen LogP contribution >= 0.6 is 0 Å². The van der Waals surface area contributed by atoms with E-state index in [0.717, 1.165) is 24.0 Å². The zero-order valence-corrected chi connectivity index (χ0v) is 13.3. The molecular weight excluding hydrogens is 284 g/mol. The Bertz CT molecular complexity index is 725. The summed E-state index contributed by atoms with van der Waals surface area (Å²) in [4.78, 5) is 0. The SMILES string of the molecule is Oc1cccc2c1C13c4c(O)cccc4C[C@@H]1CCCC[C@H]3C2. The third-order valence-electron chi connectivity index (χ3n) is 6.66. The number of hydrogen-bond donors (Lipinski definition) is 2. The molecule has 0 amide bonds. The lowest BCUT2D eigenvalue weighted by molar-refractivity contribution is 0.246. The normalized spacial score (nSPS) is 31.0. The molecule has 2 N–H and O–H groups in total. The second kappa shape index (κ2) is 4.53. The van der Waals surface area contributed by atoms with Crippen molar-refractivity contribution in [3.8, 4) is 11.5 Å². The fraction of sp³-hybridized carbons (Fsp3) is 0.429. The average molecular weight is 306 g/mol. The third-order valence-corrected chi connectivity index (χ3v) is 6.66. The molecule has 2 atom stereocenters. The second-order valence-electron chi connectivity index (χ2n) is 7.58. The topological polar surface area (TPSA) is 40.5 Å². The molecular formula is C21H22O2. The summed E-state index contributed by atoms with van der Waals surface area (Å²) in [6.45, 7) is 0. The molecule has 0 aromatic heterocycles. The van der Waals surface area contributed by atoms with Crippen LogP contribution in [0.1, 0.15) is 47.9 Å². The molecule has 2 heteroatoms. The van der Waals surface area contributed by atoms with E-state index in [1.807, 2.05) is 24.3 Å². The minimum absolute atomic E-state index is 0.169. The monoisotopic (exact) mass is 306 g/mol. The molecule has 0 saturated heterocycles. The molecule has 0 heterocycles. The van der Waals surface area contributed by atoms with Gasteiger partial charge < -0.3 is 10.2 Å². The van der Waals surface area contributed by atoms with Gasteiger partial charge in [0.15, 0.2) is 0 Å². The van der Waals surface area contributed by atoms with Gasteiger partial charge in [-0.15, -0.1) is 0 Å². The summed E-state index contributed by atoms with van der Waals surface area (Å²) >= 11 is 0. The van der Waals surface area contributed by atoms with Gasteiger partial charge in [-0.2, -0.15) is 0 Å². The Balaban J connectivity index is 1.88. The van der Waals surface area contributed by atoms with E-state index in [2.05, 4.69) is 12.1 Å². The summed E-state index contributed by atoms with van der Waals surface area (Å²) in [6, 6.07) is 11.9. The maximum absolute atomic E-state index is 10.7. The first-order valence-electron chi connectivity index (χ1n) is 8.85. The lowest BCUT2D eigenvalue weighted by Gasteiger charge is -2.38. The van der Waals surface area contributed by atoms with Crippen molar-refractivity contribution >= 4 is 0 Å². The fourth-order valence-electron chi connectivity index (χ4n) is 6.04. The van der Waals surface area contributed by atoms with Crippen molar-refractivity contribution in [2.75, 3.05) is 0 Å². The molecule has 23 heavy (non-hydrogen) atoms. The molecule has 0 radical (unpaired) electrons. The van der Waals surface area contributed by atoms with Crippen LogP contribution in [0.4, 0.5) is 0 Å². The summed E-state index contributed by atoms with van der Waals surface area (Å²) in [5.41, 5.74) is 4.66. The van der Waals surface area contributed by atoms with Crippen LogP contribution in [0.25, 0.3) is 0 Å². The lowest BCUT2D eigenvalue weighted by atomic mass is 9.64. The van der Waals surface area contributed by atoms with Crippen molar-refractivity contribution in [3.63, 3.8) is 0 Å². The van der Waals surface area contributed by atoms with Crippen molar-refractivity contribution < 1.29 is 10.2 Å². The highest BCUT2D eigenvalue weighted by Crippen LogP contribution is 2.64. The predicted molar refractivity (Wildman–Crippen MR) is 89.8 cm³/mol. The molecule has 1 fully saturated rings. The van der Waals surface area contributed by atoms with E-state index in [4.69, 9.17) is 0 Å². The quantitative estimate of drug-likeness (QED) is 0.761. The standard InChI is InChI=1S/C21H22O2/c22-17-9-3-5-13-11-15-7-1-2-8-16-12-14-6-4-10-18(23)20(14)21(15,16)19(13)17/h3-6,9-10,15-16,22-23H,1-2,7-8,11-12H2/t15-,16-,21?/m0/s1. The molecule has 3 aliphatic carbocycles. The van der Waals surface area contributed by atoms with Gasteiger partial charge in [0.1, 0.15) is 11.5 Å². The fourth-order valence-corrected chi connectivity index (χ4v) is 6.04. The van der Waals surface area contributed by atoms with Crippen LogP contribution in [-0.4, -0.2) is 10.2 Å². The van der Waals surface area contributed by atoms with Gasteiger partial charge in [-0.05, 0) is 60.8 Å². The first kappa shape index (κ1) is 13.5. The first-order valence-corrected chi connectivity index (χ1v) is 8.85. The molecule has 1 saturated carbocycles. The van der Waals surface area contributed by atoms with E-state index in [0.29, 0.717) is 23.3 Å². The lowest BCUT2D eigenvalue weighted by Crippen LogP contribution is -2.37. The zero-order valence-electron chi connectivity index (χ0n) is 13.3. The Labute approximate surface area is 136 Å². The van der Waals surface area contributed by atoms with E-state index in [1.165, 1.54) is 36.8 Å². The van der Waals surface area contributed by atoms with Gasteiger partial charge in [0.2, 0.25) is 0 Å². The van der Waals surface area contributed by atoms with Crippen LogP contribution in [0.2, 0.25) is 0 Å². The molecule has 0 bridgehead atoms. The van der Waals surface area contributed by atoms with Gasteiger partial charge in [0.05, 0.1) is 0 Å². The van der Waals surface area contributed by atoms with Crippen LogP contribution in [-0.2, 0) is 18.3 Å². The smallest absolute Gasteiger partial charge is 0.119 e. The van der Waals surface area contributed by atoms with E-state index in [1.54, 1.807) is 0 Å². The zero-order chi connectivity index (χ0) is 15.6. The average Bonchev–Trinajstić information content (AvgIpc) is 2.98. The summed E-state index contributed by atoms with van der Waals surface area (Å²) in [5, 5.41) is 21.5. The highest BCUT2D eigenvalue weighted by atomic mass is 16.3. The van der Waals surface area contributed by atoms with Crippen LogP contribution in [0, 0.1) is 11.8 Å². The van der Waals surface area contributed by atoms with Gasteiger partial charge in [0, 0.05) is 16.5 Å². The second-order valence-corrected chi connectivity index (χ2v) is 7.58. The van der Waals surface area contributed by atoms with Crippen molar-refractivity contribution in [3.05, 3.63) is 58.7 Å². The Morgan fingerprint density at radius 3 is 1.70 bits per heavy atom. The molecule has 0 aliphatic heterocycles. The van der Waals surface area contributed by atoms with Crippen molar-refractivity contribution in [1.82, 2.24) is 0 Å². The maximum Gasteiger partial charge on any atom is 0.119 e. The van der Waals surface area contributed by atoms with Crippen molar-refractivity contribution in [1.29, 1.82) is 0 Å². The maximum atomic E-state index is 10.7. The molecule has 2 aromatic carbocycles. The van der Waals surface area contributed by atoms with Gasteiger partial charge >= 0.3 is 0 Å². The summed E-state index contributed by atoms with van der Waals surface area (Å²) in [5.74, 6) is 1.86. The minimum atomic E-state index is -0.169. The van der Waals surface area contributed by atoms with E-state index in [-0.39, 0.29) is 5.41 Å². The molecule has 3 aliphatic rings. The third kappa shape index (κ3) is 1.54. The number of benzene rings is 2. The highest BCUT2D eigenvalue weighted by Gasteiger charge is 2.59. The van der Waals surface area contributed by atoms with Crippen LogP contribution < -0.4 is 0 Å². The van der Waals surface area contributed by atoms with Crippen molar-refractivity contribution in [2.24, 2.45) is 11.8 Å². The minimum Gasteiger partial charge on any atom is -0.508 e. The van der Waals surface area contributed by atoms with Gasteiger partial charge in [0.25, 0.3) is 0 Å². The number of aromatic hydroxyl groups is 2. The molecule has 5 rings (SSSR count). The first-order chi connectivity index (χ1) is 11.2. The van der Waals surface area contributed by atoms with Crippen LogP contribution in [0.15, 0.2) is 36.4 Å². The van der Waals surface area contributed by atoms with E-state index in [9.17, 15) is 10.2 Å². The number of rotatable bonds is 0. The van der Waals surface area contributed by atoms with Crippen molar-refractivity contribution in [2.45, 2.75) is 43.9 Å². The Kier molecular flexibility index (Phi) is 2.66. The Morgan fingerprint density at radius 2 is 1.22 bits per heavy atom. The summed E-state index contributed by atoms with van der Waals surface area (Å²) in [7, 11) is 0. The Morgan fingerprint density at radius 1 is 0.739 bits per heavy atom. The largest absolute Gasteiger partial charge is 0.508 e. The predicted octanol–water partition coefficient (Wildman–Crippen LogP) is 4.30. The highest BCUT2D eigenvalue weighted by molar-refractivity contribution is 5.63. The summed E-state index contributed by atoms with van der Waals surface area (Å²) in [6.07, 6.45) is 6.99. The number of phenols is 2. The number of fused-ring (bicyclic) bond motifs is 2. The van der Waals surface area contributed by atoms with E-state index >= 15 is 0 Å².